The van der Waals surface area contributed by atoms with E-state index in [-0.39, 0.29) is 18.0 Å². The zero-order valence-electron chi connectivity index (χ0n) is 11.5. The molecule has 1 fully saturated rings. The predicted octanol–water partition coefficient (Wildman–Crippen LogP) is 0.658. The van der Waals surface area contributed by atoms with Crippen LogP contribution in [0.4, 0.5) is 15.8 Å². The normalized spacial score (nSPS) is 17.9. The SMILES string of the molecule is COc1cc(N2CC(=O)NC(=O)C2(C)C)c(N)cc1F. The molecule has 0 unspecified atom stereocenters. The summed E-state index contributed by atoms with van der Waals surface area (Å²) in [5, 5.41) is 2.26. The van der Waals surface area contributed by atoms with Gasteiger partial charge in [0.05, 0.1) is 25.0 Å². The van der Waals surface area contributed by atoms with Crippen LogP contribution in [0.2, 0.25) is 0 Å². The van der Waals surface area contributed by atoms with Gasteiger partial charge < -0.3 is 15.4 Å². The zero-order valence-corrected chi connectivity index (χ0v) is 11.5. The summed E-state index contributed by atoms with van der Waals surface area (Å²) in [6, 6.07) is 2.50. The van der Waals surface area contributed by atoms with E-state index in [0.717, 1.165) is 6.07 Å². The van der Waals surface area contributed by atoms with Crippen LogP contribution in [0, 0.1) is 5.82 Å². The molecule has 0 aliphatic carbocycles. The van der Waals surface area contributed by atoms with Gasteiger partial charge in [-0.05, 0) is 13.8 Å². The van der Waals surface area contributed by atoms with E-state index < -0.39 is 23.2 Å². The molecule has 1 heterocycles. The molecule has 2 amide bonds. The number of anilines is 2. The molecule has 108 valence electrons. The Morgan fingerprint density at radius 1 is 1.40 bits per heavy atom. The number of rotatable bonds is 2. The van der Waals surface area contributed by atoms with Gasteiger partial charge in [-0.2, -0.15) is 0 Å². The van der Waals surface area contributed by atoms with Gasteiger partial charge in [0, 0.05) is 12.1 Å². The van der Waals surface area contributed by atoms with Crippen LogP contribution < -0.4 is 20.7 Å². The van der Waals surface area contributed by atoms with Crippen molar-refractivity contribution < 1.29 is 18.7 Å². The van der Waals surface area contributed by atoms with Gasteiger partial charge in [-0.15, -0.1) is 0 Å². The first-order valence-electron chi connectivity index (χ1n) is 6.02. The lowest BCUT2D eigenvalue weighted by atomic mass is 9.97. The van der Waals surface area contributed by atoms with Crippen LogP contribution in [0.15, 0.2) is 12.1 Å². The summed E-state index contributed by atoms with van der Waals surface area (Å²) in [5.74, 6) is -1.46. The molecule has 0 spiro atoms. The lowest BCUT2D eigenvalue weighted by molar-refractivity contribution is -0.135. The van der Waals surface area contributed by atoms with E-state index in [2.05, 4.69) is 5.32 Å². The van der Waals surface area contributed by atoms with Gasteiger partial charge in [0.15, 0.2) is 11.6 Å². The number of hydrogen-bond acceptors (Lipinski definition) is 5. The third kappa shape index (κ3) is 2.15. The van der Waals surface area contributed by atoms with E-state index >= 15 is 0 Å². The zero-order chi connectivity index (χ0) is 15.1. The van der Waals surface area contributed by atoms with Gasteiger partial charge in [-0.3, -0.25) is 14.9 Å². The Kier molecular flexibility index (Phi) is 3.29. The van der Waals surface area contributed by atoms with E-state index in [9.17, 15) is 14.0 Å². The molecule has 0 bridgehead atoms. The van der Waals surface area contributed by atoms with Gasteiger partial charge in [-0.25, -0.2) is 4.39 Å². The van der Waals surface area contributed by atoms with E-state index in [1.165, 1.54) is 18.1 Å². The number of amides is 2. The van der Waals surface area contributed by atoms with E-state index in [1.807, 2.05) is 0 Å². The van der Waals surface area contributed by atoms with Crippen molar-refractivity contribution in [2.24, 2.45) is 0 Å². The third-order valence-electron chi connectivity index (χ3n) is 3.38. The van der Waals surface area contributed by atoms with Crippen molar-refractivity contribution in [2.45, 2.75) is 19.4 Å². The van der Waals surface area contributed by atoms with Gasteiger partial charge in [0.25, 0.3) is 5.91 Å². The molecule has 0 atom stereocenters. The van der Waals surface area contributed by atoms with E-state index in [4.69, 9.17) is 10.5 Å². The highest BCUT2D eigenvalue weighted by Crippen LogP contribution is 2.35. The third-order valence-corrected chi connectivity index (χ3v) is 3.38. The number of nitrogens with one attached hydrogen (secondary N) is 1. The van der Waals surface area contributed by atoms with E-state index in [0.29, 0.717) is 5.69 Å². The van der Waals surface area contributed by atoms with Crippen molar-refractivity contribution in [1.29, 1.82) is 0 Å². The van der Waals surface area contributed by atoms with Gasteiger partial charge in [0.1, 0.15) is 5.54 Å². The second-order valence-corrected chi connectivity index (χ2v) is 5.07. The highest BCUT2D eigenvalue weighted by atomic mass is 19.1. The molecule has 0 radical (unpaired) electrons. The number of methoxy groups -OCH3 is 1. The first-order valence-corrected chi connectivity index (χ1v) is 6.02. The number of nitrogen functional groups attached to an aromatic ring is 1. The molecule has 0 aromatic heterocycles. The molecule has 1 aliphatic rings. The molecule has 20 heavy (non-hydrogen) atoms. The number of halogens is 1. The van der Waals surface area contributed by atoms with Crippen molar-refractivity contribution >= 4 is 23.2 Å². The fraction of sp³-hybridized carbons (Fsp3) is 0.385. The molecule has 0 saturated carbocycles. The molecular formula is C13H16FN3O3. The minimum Gasteiger partial charge on any atom is -0.494 e. The van der Waals surface area contributed by atoms with Crippen LogP contribution in [0.5, 0.6) is 5.75 Å². The van der Waals surface area contributed by atoms with Crippen LogP contribution in [0.25, 0.3) is 0 Å². The number of benzene rings is 1. The molecule has 1 aromatic carbocycles. The van der Waals surface area contributed by atoms with Crippen molar-refractivity contribution in [3.05, 3.63) is 17.9 Å². The second-order valence-electron chi connectivity index (χ2n) is 5.07. The van der Waals surface area contributed by atoms with Crippen molar-refractivity contribution in [3.8, 4) is 5.75 Å². The maximum atomic E-state index is 13.6. The van der Waals surface area contributed by atoms with Crippen molar-refractivity contribution in [2.75, 3.05) is 24.3 Å². The monoisotopic (exact) mass is 281 g/mol. The fourth-order valence-electron chi connectivity index (χ4n) is 2.12. The highest BCUT2D eigenvalue weighted by Gasteiger charge is 2.41. The second kappa shape index (κ2) is 4.66. The molecule has 1 aromatic rings. The standard InChI is InChI=1S/C13H16FN3O3/c1-13(2)12(19)16-11(18)6-17(13)9-5-10(20-3)7(14)4-8(9)15/h4-5H,6,15H2,1-3H3,(H,16,18,19). The first-order chi connectivity index (χ1) is 9.27. The summed E-state index contributed by atoms with van der Waals surface area (Å²) in [6.45, 7) is 3.27. The van der Waals surface area contributed by atoms with Crippen LogP contribution in [-0.4, -0.2) is 31.0 Å². The Balaban J connectivity index is 2.54. The quantitative estimate of drug-likeness (QED) is 0.614. The molecule has 7 heteroatoms. The van der Waals surface area contributed by atoms with Crippen LogP contribution in [-0.2, 0) is 9.59 Å². The molecule has 2 rings (SSSR count). The number of imide groups is 1. The van der Waals surface area contributed by atoms with Crippen LogP contribution >= 0.6 is 0 Å². The minimum absolute atomic E-state index is 0.00318. The fourth-order valence-corrected chi connectivity index (χ4v) is 2.12. The Morgan fingerprint density at radius 2 is 2.05 bits per heavy atom. The summed E-state index contributed by atoms with van der Waals surface area (Å²) in [6.07, 6.45) is 0. The van der Waals surface area contributed by atoms with Crippen LogP contribution in [0.3, 0.4) is 0 Å². The average molecular weight is 281 g/mol. The summed E-state index contributed by atoms with van der Waals surface area (Å²) in [5.41, 5.74) is 5.35. The molecule has 3 N–H and O–H groups in total. The molecule has 1 aliphatic heterocycles. The first kappa shape index (κ1) is 14.1. The number of carbonyl (C=O) groups excluding carboxylic acids is 2. The lowest BCUT2D eigenvalue weighted by Gasteiger charge is -2.42. The number of nitrogens with two attached hydrogens (primary N) is 1. The average Bonchev–Trinajstić information content (AvgIpc) is 2.35. The van der Waals surface area contributed by atoms with Gasteiger partial charge in [-0.1, -0.05) is 0 Å². The largest absolute Gasteiger partial charge is 0.494 e. The molecule has 6 nitrogen and oxygen atoms in total. The highest BCUT2D eigenvalue weighted by molar-refractivity contribution is 6.07. The lowest BCUT2D eigenvalue weighted by Crippen LogP contribution is -2.64. The van der Waals surface area contributed by atoms with Crippen molar-refractivity contribution in [3.63, 3.8) is 0 Å². The Hall–Kier alpha value is -2.31. The predicted molar refractivity (Wildman–Crippen MR) is 71.9 cm³/mol. The van der Waals surface area contributed by atoms with Gasteiger partial charge in [0.2, 0.25) is 5.91 Å². The minimum atomic E-state index is -0.981. The number of hydrogen-bond donors (Lipinski definition) is 2. The topological polar surface area (TPSA) is 84.7 Å². The van der Waals surface area contributed by atoms with Crippen LogP contribution in [0.1, 0.15) is 13.8 Å². The number of piperazine rings is 1. The number of nitrogens with zero attached hydrogens (tertiary/aromatic N) is 1. The Morgan fingerprint density at radius 3 is 2.65 bits per heavy atom. The number of carbonyl (C=O) groups is 2. The maximum Gasteiger partial charge on any atom is 0.251 e. The maximum absolute atomic E-state index is 13.6. The van der Waals surface area contributed by atoms with Gasteiger partial charge >= 0.3 is 0 Å². The van der Waals surface area contributed by atoms with E-state index in [1.54, 1.807) is 13.8 Å². The Bertz CT molecular complexity index is 586. The molecular weight excluding hydrogens is 265 g/mol. The summed E-state index contributed by atoms with van der Waals surface area (Å²) < 4.78 is 18.5. The summed E-state index contributed by atoms with van der Waals surface area (Å²) in [7, 11) is 1.33. The summed E-state index contributed by atoms with van der Waals surface area (Å²) in [4.78, 5) is 25.0. The Labute approximate surface area is 115 Å². The van der Waals surface area contributed by atoms with Crippen molar-refractivity contribution in [1.82, 2.24) is 5.32 Å². The summed E-state index contributed by atoms with van der Waals surface area (Å²) >= 11 is 0. The molecule has 1 saturated heterocycles. The smallest absolute Gasteiger partial charge is 0.251 e. The number of ether oxygens (including phenoxy) is 1.